The molecule has 0 radical (unpaired) electrons. The van der Waals surface area contributed by atoms with E-state index in [0.29, 0.717) is 10.7 Å². The second-order valence-electron chi connectivity index (χ2n) is 4.01. The molecule has 2 amide bonds. The number of amides is 2. The number of thiophene rings is 1. The number of nitrogens with one attached hydrogen (secondary N) is 2. The van der Waals surface area contributed by atoms with Gasteiger partial charge in [0, 0.05) is 10.2 Å². The molecule has 7 heteroatoms. The molecule has 0 aliphatic rings. The van der Waals surface area contributed by atoms with Gasteiger partial charge in [-0.1, -0.05) is 22.0 Å². The van der Waals surface area contributed by atoms with Crippen LogP contribution in [-0.4, -0.2) is 17.1 Å². The summed E-state index contributed by atoms with van der Waals surface area (Å²) in [5.74, 6) is -1.07. The molecule has 0 aliphatic heterocycles. The smallest absolute Gasteiger partial charge is 0.338 e. The molecule has 0 saturated heterocycles. The van der Waals surface area contributed by atoms with E-state index in [-0.39, 0.29) is 5.56 Å². The molecule has 1 aromatic heterocycles. The van der Waals surface area contributed by atoms with Crippen molar-refractivity contribution in [2.24, 2.45) is 0 Å². The number of anilines is 2. The third-order valence-corrected chi connectivity index (χ3v) is 4.24. The minimum Gasteiger partial charge on any atom is -0.478 e. The molecule has 0 aliphatic carbocycles. The number of benzene rings is 1. The van der Waals surface area contributed by atoms with Crippen LogP contribution in [0.5, 0.6) is 0 Å². The number of carbonyl (C=O) groups is 2. The molecule has 0 atom stereocenters. The van der Waals surface area contributed by atoms with Crippen LogP contribution in [0.4, 0.5) is 15.5 Å². The van der Waals surface area contributed by atoms with Gasteiger partial charge in [-0.25, -0.2) is 9.59 Å². The van der Waals surface area contributed by atoms with Gasteiger partial charge in [0.15, 0.2) is 0 Å². The van der Waals surface area contributed by atoms with Gasteiger partial charge in [-0.2, -0.15) is 0 Å². The minimum atomic E-state index is -1.07. The Balaban J connectivity index is 2.07. The number of carboxylic acid groups (broad SMARTS) is 1. The monoisotopic (exact) mass is 354 g/mol. The average molecular weight is 355 g/mol. The van der Waals surface area contributed by atoms with Crippen LogP contribution < -0.4 is 10.6 Å². The Hall–Kier alpha value is -1.86. The molecule has 0 bridgehead atoms. The Morgan fingerprint density at radius 3 is 2.65 bits per heavy atom. The maximum atomic E-state index is 11.8. The molecule has 0 spiro atoms. The van der Waals surface area contributed by atoms with Crippen LogP contribution in [0.2, 0.25) is 0 Å². The molecule has 1 heterocycles. The van der Waals surface area contributed by atoms with Crippen molar-refractivity contribution >= 4 is 50.0 Å². The van der Waals surface area contributed by atoms with Crippen molar-refractivity contribution in [1.29, 1.82) is 0 Å². The van der Waals surface area contributed by atoms with Crippen molar-refractivity contribution in [3.63, 3.8) is 0 Å². The number of hydrogen-bond donors (Lipinski definition) is 3. The van der Waals surface area contributed by atoms with E-state index in [1.54, 1.807) is 17.5 Å². The fourth-order valence-corrected chi connectivity index (χ4v) is 2.66. The Morgan fingerprint density at radius 2 is 2.00 bits per heavy atom. The summed E-state index contributed by atoms with van der Waals surface area (Å²) in [6.07, 6.45) is 0. The van der Waals surface area contributed by atoms with E-state index in [1.165, 1.54) is 6.07 Å². The number of urea groups is 1. The van der Waals surface area contributed by atoms with E-state index in [9.17, 15) is 9.59 Å². The van der Waals surface area contributed by atoms with Gasteiger partial charge >= 0.3 is 12.0 Å². The SMILES string of the molecule is Cc1ccc(NC(=O)Nc2sccc2C(=O)O)cc1Br. The summed E-state index contributed by atoms with van der Waals surface area (Å²) in [5.41, 5.74) is 1.76. The van der Waals surface area contributed by atoms with Crippen molar-refractivity contribution in [1.82, 2.24) is 0 Å². The highest BCUT2D eigenvalue weighted by Gasteiger charge is 2.13. The van der Waals surface area contributed by atoms with Crippen LogP contribution in [0.15, 0.2) is 34.1 Å². The minimum absolute atomic E-state index is 0.0789. The predicted molar refractivity (Wildman–Crippen MR) is 82.8 cm³/mol. The van der Waals surface area contributed by atoms with Gasteiger partial charge in [-0.05, 0) is 36.1 Å². The summed E-state index contributed by atoms with van der Waals surface area (Å²) in [6, 6.07) is 6.39. The van der Waals surface area contributed by atoms with Crippen molar-refractivity contribution in [2.45, 2.75) is 6.92 Å². The first-order valence-electron chi connectivity index (χ1n) is 5.62. The van der Waals surface area contributed by atoms with Gasteiger partial charge < -0.3 is 10.4 Å². The summed E-state index contributed by atoms with van der Waals surface area (Å²) >= 11 is 4.54. The normalized spacial score (nSPS) is 10.1. The first-order chi connectivity index (χ1) is 9.47. The van der Waals surface area contributed by atoms with Gasteiger partial charge in [0.2, 0.25) is 0 Å². The molecule has 2 aromatic rings. The predicted octanol–water partition coefficient (Wildman–Crippen LogP) is 4.16. The maximum Gasteiger partial charge on any atom is 0.338 e. The first-order valence-corrected chi connectivity index (χ1v) is 7.29. The molecule has 1 aromatic carbocycles. The lowest BCUT2D eigenvalue weighted by Crippen LogP contribution is -2.20. The number of carboxylic acids is 1. The molecule has 0 unspecified atom stereocenters. The average Bonchev–Trinajstić information content (AvgIpc) is 2.82. The summed E-state index contributed by atoms with van der Waals surface area (Å²) in [6.45, 7) is 1.94. The van der Waals surface area contributed by atoms with Crippen LogP contribution in [0.3, 0.4) is 0 Å². The number of halogens is 1. The summed E-state index contributed by atoms with van der Waals surface area (Å²) in [7, 11) is 0. The summed E-state index contributed by atoms with van der Waals surface area (Å²) < 4.78 is 0.887. The lowest BCUT2D eigenvalue weighted by Gasteiger charge is -2.08. The topological polar surface area (TPSA) is 78.4 Å². The Labute approximate surface area is 127 Å². The fraction of sp³-hybridized carbons (Fsp3) is 0.0769. The lowest BCUT2D eigenvalue weighted by atomic mass is 10.2. The Kier molecular flexibility index (Phi) is 4.41. The zero-order valence-electron chi connectivity index (χ0n) is 10.4. The highest BCUT2D eigenvalue weighted by atomic mass is 79.9. The number of carbonyl (C=O) groups excluding carboxylic acids is 1. The van der Waals surface area contributed by atoms with Crippen LogP contribution >= 0.6 is 27.3 Å². The van der Waals surface area contributed by atoms with Crippen molar-refractivity contribution in [3.05, 3.63) is 45.2 Å². The van der Waals surface area contributed by atoms with Crippen LogP contribution in [-0.2, 0) is 0 Å². The zero-order chi connectivity index (χ0) is 14.7. The fourth-order valence-electron chi connectivity index (χ4n) is 1.51. The highest BCUT2D eigenvalue weighted by Crippen LogP contribution is 2.24. The van der Waals surface area contributed by atoms with Gasteiger partial charge in [0.25, 0.3) is 0 Å². The van der Waals surface area contributed by atoms with Crippen molar-refractivity contribution < 1.29 is 14.7 Å². The van der Waals surface area contributed by atoms with E-state index < -0.39 is 12.0 Å². The molecule has 2 rings (SSSR count). The molecule has 20 heavy (non-hydrogen) atoms. The van der Waals surface area contributed by atoms with E-state index in [1.807, 2.05) is 13.0 Å². The van der Waals surface area contributed by atoms with Gasteiger partial charge in [-0.3, -0.25) is 5.32 Å². The molecule has 0 saturated carbocycles. The quantitative estimate of drug-likeness (QED) is 0.774. The highest BCUT2D eigenvalue weighted by molar-refractivity contribution is 9.10. The van der Waals surface area contributed by atoms with Crippen molar-refractivity contribution in [3.8, 4) is 0 Å². The number of aromatic carboxylic acids is 1. The second-order valence-corrected chi connectivity index (χ2v) is 5.78. The third-order valence-electron chi connectivity index (χ3n) is 2.55. The Bertz CT molecular complexity index is 669. The van der Waals surface area contributed by atoms with Gasteiger partial charge in [0.05, 0.1) is 5.56 Å². The first kappa shape index (κ1) is 14.5. The number of aryl methyl sites for hydroxylation is 1. The van der Waals surface area contributed by atoms with E-state index in [4.69, 9.17) is 5.11 Å². The lowest BCUT2D eigenvalue weighted by molar-refractivity contribution is 0.0698. The summed E-state index contributed by atoms with van der Waals surface area (Å²) in [5, 5.41) is 16.0. The number of hydrogen-bond acceptors (Lipinski definition) is 3. The van der Waals surface area contributed by atoms with Gasteiger partial charge in [0.1, 0.15) is 5.00 Å². The largest absolute Gasteiger partial charge is 0.478 e. The molecule has 104 valence electrons. The molecule has 5 nitrogen and oxygen atoms in total. The second kappa shape index (κ2) is 6.06. The molecule has 3 N–H and O–H groups in total. The molecule has 0 fully saturated rings. The Morgan fingerprint density at radius 1 is 1.25 bits per heavy atom. The molecular formula is C13H11BrN2O3S. The molecular weight excluding hydrogens is 344 g/mol. The van der Waals surface area contributed by atoms with Crippen LogP contribution in [0, 0.1) is 6.92 Å². The van der Waals surface area contributed by atoms with E-state index >= 15 is 0 Å². The summed E-state index contributed by atoms with van der Waals surface area (Å²) in [4.78, 5) is 22.8. The third kappa shape index (κ3) is 3.37. The van der Waals surface area contributed by atoms with Crippen LogP contribution in [0.1, 0.15) is 15.9 Å². The zero-order valence-corrected chi connectivity index (χ0v) is 12.8. The number of rotatable bonds is 3. The van der Waals surface area contributed by atoms with Crippen molar-refractivity contribution in [2.75, 3.05) is 10.6 Å². The van der Waals surface area contributed by atoms with E-state index in [2.05, 4.69) is 26.6 Å². The van der Waals surface area contributed by atoms with Gasteiger partial charge in [-0.15, -0.1) is 11.3 Å². The maximum absolute atomic E-state index is 11.8. The standard InChI is InChI=1S/C13H11BrN2O3S/c1-7-2-3-8(6-10(7)14)15-13(19)16-11-9(12(17)18)4-5-20-11/h2-6H,1H3,(H,17,18)(H2,15,16,19). The van der Waals surface area contributed by atoms with E-state index in [0.717, 1.165) is 21.4 Å². The van der Waals surface area contributed by atoms with Crippen LogP contribution in [0.25, 0.3) is 0 Å².